The minimum absolute atomic E-state index is 0.172. The Balaban J connectivity index is 1.64. The van der Waals surface area contributed by atoms with Crippen LogP contribution >= 0.6 is 11.3 Å². The summed E-state index contributed by atoms with van der Waals surface area (Å²) in [6.07, 6.45) is 4.23. The van der Waals surface area contributed by atoms with Crippen LogP contribution < -0.4 is 5.32 Å². The SMILES string of the molecule is Cc1nc(-n2cccc2)sc1C(=O)NCCc1ccccc1F. The standard InChI is InChI=1S/C17H16FN3OS/c1-12-15(23-17(20-12)21-10-4-5-11-21)16(22)19-9-8-13-6-2-3-7-14(13)18/h2-7,10-11H,8-9H2,1H3,(H,19,22). The van der Waals surface area contributed by atoms with Crippen LogP contribution in [0.4, 0.5) is 4.39 Å². The first-order valence-electron chi connectivity index (χ1n) is 7.27. The van der Waals surface area contributed by atoms with Crippen molar-refractivity contribution >= 4 is 17.2 Å². The zero-order valence-corrected chi connectivity index (χ0v) is 13.4. The van der Waals surface area contributed by atoms with Gasteiger partial charge in [-0.05, 0) is 37.1 Å². The van der Waals surface area contributed by atoms with Gasteiger partial charge in [0.25, 0.3) is 5.91 Å². The second kappa shape index (κ2) is 6.75. The second-order valence-electron chi connectivity index (χ2n) is 5.10. The minimum Gasteiger partial charge on any atom is -0.351 e. The molecule has 6 heteroatoms. The van der Waals surface area contributed by atoms with Crippen LogP contribution in [0.5, 0.6) is 0 Å². The lowest BCUT2D eigenvalue weighted by molar-refractivity contribution is 0.0957. The second-order valence-corrected chi connectivity index (χ2v) is 6.08. The first kappa shape index (κ1) is 15.4. The monoisotopic (exact) mass is 329 g/mol. The Morgan fingerprint density at radius 3 is 2.74 bits per heavy atom. The van der Waals surface area contributed by atoms with E-state index < -0.39 is 0 Å². The summed E-state index contributed by atoms with van der Waals surface area (Å²) in [4.78, 5) is 17.3. The normalized spacial score (nSPS) is 10.7. The molecule has 0 aliphatic carbocycles. The Morgan fingerprint density at radius 1 is 1.26 bits per heavy atom. The molecule has 0 saturated carbocycles. The number of nitrogens with zero attached hydrogens (tertiary/aromatic N) is 2. The molecule has 0 aliphatic rings. The predicted molar refractivity (Wildman–Crippen MR) is 88.6 cm³/mol. The molecule has 118 valence electrons. The van der Waals surface area contributed by atoms with E-state index in [9.17, 15) is 9.18 Å². The average Bonchev–Trinajstić information content (AvgIpc) is 3.18. The molecule has 0 atom stereocenters. The predicted octanol–water partition coefficient (Wildman–Crippen LogP) is 3.35. The fourth-order valence-corrected chi connectivity index (χ4v) is 3.21. The Labute approximate surface area is 137 Å². The summed E-state index contributed by atoms with van der Waals surface area (Å²) < 4.78 is 15.4. The number of amides is 1. The quantitative estimate of drug-likeness (QED) is 0.780. The maximum absolute atomic E-state index is 13.5. The summed E-state index contributed by atoms with van der Waals surface area (Å²) in [5.74, 6) is -0.416. The third-order valence-corrected chi connectivity index (χ3v) is 4.62. The van der Waals surface area contributed by atoms with E-state index in [1.165, 1.54) is 17.4 Å². The number of hydrogen-bond acceptors (Lipinski definition) is 3. The number of hydrogen-bond donors (Lipinski definition) is 1. The van der Waals surface area contributed by atoms with Gasteiger partial charge in [0.2, 0.25) is 0 Å². The Kier molecular flexibility index (Phi) is 4.52. The molecule has 0 unspecified atom stereocenters. The van der Waals surface area contributed by atoms with Crippen molar-refractivity contribution in [1.29, 1.82) is 0 Å². The largest absolute Gasteiger partial charge is 0.351 e. The van der Waals surface area contributed by atoms with E-state index in [2.05, 4.69) is 10.3 Å². The molecule has 23 heavy (non-hydrogen) atoms. The molecular weight excluding hydrogens is 313 g/mol. The van der Waals surface area contributed by atoms with E-state index in [-0.39, 0.29) is 11.7 Å². The van der Waals surface area contributed by atoms with Gasteiger partial charge in [0.05, 0.1) is 5.69 Å². The number of benzene rings is 1. The average molecular weight is 329 g/mol. The highest BCUT2D eigenvalue weighted by atomic mass is 32.1. The molecule has 1 amide bonds. The number of aryl methyl sites for hydroxylation is 1. The number of carbonyl (C=O) groups is 1. The van der Waals surface area contributed by atoms with E-state index in [0.717, 1.165) is 5.13 Å². The molecule has 1 aromatic carbocycles. The summed E-state index contributed by atoms with van der Waals surface area (Å²) in [6.45, 7) is 2.20. The molecule has 4 nitrogen and oxygen atoms in total. The van der Waals surface area contributed by atoms with Crippen molar-refractivity contribution in [1.82, 2.24) is 14.9 Å². The zero-order chi connectivity index (χ0) is 16.2. The summed E-state index contributed by atoms with van der Waals surface area (Å²) in [6, 6.07) is 10.4. The van der Waals surface area contributed by atoms with Crippen molar-refractivity contribution < 1.29 is 9.18 Å². The molecule has 0 saturated heterocycles. The van der Waals surface area contributed by atoms with Crippen molar-refractivity contribution in [3.8, 4) is 5.13 Å². The van der Waals surface area contributed by atoms with Gasteiger partial charge in [-0.15, -0.1) is 0 Å². The molecule has 3 rings (SSSR count). The van der Waals surface area contributed by atoms with E-state index in [1.807, 2.05) is 36.0 Å². The number of nitrogens with one attached hydrogen (secondary N) is 1. The molecule has 0 radical (unpaired) electrons. The van der Waals surface area contributed by atoms with Gasteiger partial charge in [0.1, 0.15) is 10.7 Å². The van der Waals surface area contributed by atoms with Gasteiger partial charge in [-0.3, -0.25) is 4.79 Å². The highest BCUT2D eigenvalue weighted by Crippen LogP contribution is 2.21. The van der Waals surface area contributed by atoms with Crippen LogP contribution in [0.3, 0.4) is 0 Å². The summed E-state index contributed by atoms with van der Waals surface area (Å²) in [5.41, 5.74) is 1.30. The lowest BCUT2D eigenvalue weighted by Gasteiger charge is -2.05. The number of rotatable bonds is 5. The lowest BCUT2D eigenvalue weighted by Crippen LogP contribution is -2.25. The van der Waals surface area contributed by atoms with Crippen molar-refractivity contribution in [2.75, 3.05) is 6.54 Å². The van der Waals surface area contributed by atoms with E-state index in [1.54, 1.807) is 18.2 Å². The molecule has 0 spiro atoms. The Hall–Kier alpha value is -2.47. The van der Waals surface area contributed by atoms with Gasteiger partial charge in [0, 0.05) is 18.9 Å². The third-order valence-electron chi connectivity index (χ3n) is 3.45. The first-order valence-corrected chi connectivity index (χ1v) is 8.09. The molecule has 2 aromatic heterocycles. The minimum atomic E-state index is -0.245. The van der Waals surface area contributed by atoms with Crippen molar-refractivity contribution in [2.24, 2.45) is 0 Å². The zero-order valence-electron chi connectivity index (χ0n) is 12.6. The maximum atomic E-state index is 13.5. The highest BCUT2D eigenvalue weighted by Gasteiger charge is 2.15. The van der Waals surface area contributed by atoms with Crippen LogP contribution in [0.25, 0.3) is 5.13 Å². The van der Waals surface area contributed by atoms with Gasteiger partial charge in [0.15, 0.2) is 5.13 Å². The van der Waals surface area contributed by atoms with Gasteiger partial charge < -0.3 is 9.88 Å². The van der Waals surface area contributed by atoms with Crippen LogP contribution in [0.1, 0.15) is 20.9 Å². The molecule has 0 fully saturated rings. The number of carbonyl (C=O) groups excluding carboxylic acids is 1. The smallest absolute Gasteiger partial charge is 0.263 e. The molecule has 3 aromatic rings. The number of halogens is 1. The van der Waals surface area contributed by atoms with Crippen LogP contribution in [0, 0.1) is 12.7 Å². The van der Waals surface area contributed by atoms with Gasteiger partial charge in [-0.2, -0.15) is 0 Å². The Morgan fingerprint density at radius 2 is 2.00 bits per heavy atom. The molecule has 2 heterocycles. The Bertz CT molecular complexity index is 811. The molecule has 1 N–H and O–H groups in total. The van der Waals surface area contributed by atoms with Crippen LogP contribution in [-0.4, -0.2) is 22.0 Å². The van der Waals surface area contributed by atoms with E-state index in [4.69, 9.17) is 0 Å². The van der Waals surface area contributed by atoms with Crippen LogP contribution in [0.2, 0.25) is 0 Å². The summed E-state index contributed by atoms with van der Waals surface area (Å²) in [7, 11) is 0. The fourth-order valence-electron chi connectivity index (χ4n) is 2.26. The van der Waals surface area contributed by atoms with Gasteiger partial charge in [-0.1, -0.05) is 29.5 Å². The lowest BCUT2D eigenvalue weighted by atomic mass is 10.1. The van der Waals surface area contributed by atoms with Crippen LogP contribution in [-0.2, 0) is 6.42 Å². The maximum Gasteiger partial charge on any atom is 0.263 e. The van der Waals surface area contributed by atoms with Gasteiger partial charge >= 0.3 is 0 Å². The highest BCUT2D eigenvalue weighted by molar-refractivity contribution is 7.16. The third kappa shape index (κ3) is 3.48. The summed E-state index contributed by atoms with van der Waals surface area (Å²) in [5, 5.41) is 3.59. The number of thiazole rings is 1. The molecule has 0 aliphatic heterocycles. The van der Waals surface area contributed by atoms with Gasteiger partial charge in [-0.25, -0.2) is 9.37 Å². The first-order chi connectivity index (χ1) is 11.1. The van der Waals surface area contributed by atoms with E-state index >= 15 is 0 Å². The molecular formula is C17H16FN3OS. The van der Waals surface area contributed by atoms with Crippen LogP contribution in [0.15, 0.2) is 48.8 Å². The number of aromatic nitrogens is 2. The summed E-state index contributed by atoms with van der Waals surface area (Å²) >= 11 is 1.34. The van der Waals surface area contributed by atoms with Crippen molar-refractivity contribution in [2.45, 2.75) is 13.3 Å². The van der Waals surface area contributed by atoms with E-state index in [0.29, 0.717) is 29.1 Å². The van der Waals surface area contributed by atoms with Crippen molar-refractivity contribution in [3.05, 3.63) is 70.7 Å². The van der Waals surface area contributed by atoms with Crippen molar-refractivity contribution in [3.63, 3.8) is 0 Å². The fraction of sp³-hybridized carbons (Fsp3) is 0.176. The molecule has 0 bridgehead atoms. The topological polar surface area (TPSA) is 46.9 Å².